The molecule has 0 aliphatic carbocycles. The van der Waals surface area contributed by atoms with Crippen LogP contribution in [-0.4, -0.2) is 35.0 Å². The highest BCUT2D eigenvalue weighted by Crippen LogP contribution is 2.45. The Hall–Kier alpha value is -3.69. The average Bonchev–Trinajstić information content (AvgIpc) is 3.62. The van der Waals surface area contributed by atoms with Gasteiger partial charge in [0.15, 0.2) is 10.9 Å². The topological polar surface area (TPSA) is 89.0 Å². The minimum absolute atomic E-state index is 0.0407. The minimum atomic E-state index is -0.834. The van der Waals surface area contributed by atoms with Crippen molar-refractivity contribution in [2.24, 2.45) is 0 Å². The maximum absolute atomic E-state index is 13.5. The van der Waals surface area contributed by atoms with E-state index in [1.807, 2.05) is 56.3 Å². The SMILES string of the molecule is CCCOc1ccc(C2C(C(=O)c3cccs3)=C(O)C(=O)N2c2nc3ccc(OCC)cc3s2)cc1. The number of ketones is 1. The van der Waals surface area contributed by atoms with Crippen molar-refractivity contribution in [1.29, 1.82) is 0 Å². The zero-order chi connectivity index (χ0) is 25.2. The standard InChI is InChI=1S/C27H24N2O5S2/c1-3-13-34-17-9-7-16(8-10-17)23-22(24(30)20-6-5-14-35-20)25(31)26(32)29(23)27-28-19-12-11-18(33-4-2)15-21(19)36-27/h5-12,14-15,23,31H,3-4,13H2,1-2H3. The number of Topliss-reactive ketones (excluding diaryl/α,β-unsaturated/α-hetero) is 1. The number of hydrogen-bond acceptors (Lipinski definition) is 8. The molecule has 1 amide bonds. The van der Waals surface area contributed by atoms with Gasteiger partial charge in [0.2, 0.25) is 5.78 Å². The first-order chi connectivity index (χ1) is 17.5. The second-order valence-corrected chi connectivity index (χ2v) is 10.1. The maximum Gasteiger partial charge on any atom is 0.296 e. The van der Waals surface area contributed by atoms with Crippen molar-refractivity contribution >= 4 is 49.7 Å². The number of carbonyl (C=O) groups is 2. The summed E-state index contributed by atoms with van der Waals surface area (Å²) < 4.78 is 12.1. The minimum Gasteiger partial charge on any atom is -0.503 e. The van der Waals surface area contributed by atoms with Gasteiger partial charge in [0.25, 0.3) is 5.91 Å². The van der Waals surface area contributed by atoms with Crippen molar-refractivity contribution in [3.05, 3.63) is 81.8 Å². The van der Waals surface area contributed by atoms with Gasteiger partial charge in [-0.3, -0.25) is 14.5 Å². The van der Waals surface area contributed by atoms with Crippen molar-refractivity contribution < 1.29 is 24.2 Å². The molecule has 7 nitrogen and oxygen atoms in total. The third-order valence-electron chi connectivity index (χ3n) is 5.73. The van der Waals surface area contributed by atoms with Crippen LogP contribution in [0.15, 0.2) is 71.3 Å². The molecule has 1 N–H and O–H groups in total. The van der Waals surface area contributed by atoms with Gasteiger partial charge >= 0.3 is 0 Å². The largest absolute Gasteiger partial charge is 0.503 e. The first-order valence-corrected chi connectivity index (χ1v) is 13.3. The molecule has 36 heavy (non-hydrogen) atoms. The van der Waals surface area contributed by atoms with E-state index in [4.69, 9.17) is 9.47 Å². The van der Waals surface area contributed by atoms with E-state index in [0.717, 1.165) is 11.1 Å². The Kier molecular flexibility index (Phi) is 6.75. The molecule has 0 fully saturated rings. The normalized spacial score (nSPS) is 15.7. The molecule has 0 radical (unpaired) electrons. The first kappa shape index (κ1) is 24.0. The molecule has 3 heterocycles. The number of ether oxygens (including phenoxy) is 2. The Labute approximate surface area is 216 Å². The summed E-state index contributed by atoms with van der Waals surface area (Å²) in [6.07, 6.45) is 0.880. The predicted molar refractivity (Wildman–Crippen MR) is 142 cm³/mol. The van der Waals surface area contributed by atoms with Gasteiger partial charge in [0, 0.05) is 0 Å². The summed E-state index contributed by atoms with van der Waals surface area (Å²) in [6.45, 7) is 5.07. The average molecular weight is 521 g/mol. The molecule has 0 saturated heterocycles. The smallest absolute Gasteiger partial charge is 0.296 e. The molecule has 2 aromatic carbocycles. The second-order valence-electron chi connectivity index (χ2n) is 8.12. The number of thiazole rings is 1. The van der Waals surface area contributed by atoms with E-state index in [1.165, 1.54) is 27.6 Å². The summed E-state index contributed by atoms with van der Waals surface area (Å²) in [7, 11) is 0. The zero-order valence-corrected chi connectivity index (χ0v) is 21.4. The number of anilines is 1. The van der Waals surface area contributed by atoms with Crippen LogP contribution in [0, 0.1) is 0 Å². The molecule has 1 unspecified atom stereocenters. The quantitative estimate of drug-likeness (QED) is 0.260. The van der Waals surface area contributed by atoms with Gasteiger partial charge in [0.1, 0.15) is 11.5 Å². The fraction of sp³-hybridized carbons (Fsp3) is 0.222. The van der Waals surface area contributed by atoms with Crippen molar-refractivity contribution in [3.63, 3.8) is 0 Å². The Balaban J connectivity index is 1.60. The van der Waals surface area contributed by atoms with Crippen LogP contribution >= 0.6 is 22.7 Å². The van der Waals surface area contributed by atoms with Gasteiger partial charge in [-0.1, -0.05) is 36.5 Å². The van der Waals surface area contributed by atoms with Crippen LogP contribution in [0.2, 0.25) is 0 Å². The zero-order valence-electron chi connectivity index (χ0n) is 19.8. The van der Waals surface area contributed by atoms with Gasteiger partial charge in [-0.15, -0.1) is 11.3 Å². The summed E-state index contributed by atoms with van der Waals surface area (Å²) in [6, 6.07) is 15.4. The number of aliphatic hydroxyl groups is 1. The Bertz CT molecular complexity index is 1440. The molecule has 0 bridgehead atoms. The van der Waals surface area contributed by atoms with Crippen molar-refractivity contribution in [3.8, 4) is 11.5 Å². The molecule has 9 heteroatoms. The van der Waals surface area contributed by atoms with Gasteiger partial charge in [0.05, 0.1) is 39.9 Å². The van der Waals surface area contributed by atoms with Gasteiger partial charge < -0.3 is 14.6 Å². The van der Waals surface area contributed by atoms with Crippen molar-refractivity contribution in [2.45, 2.75) is 26.3 Å². The fourth-order valence-electron chi connectivity index (χ4n) is 4.11. The van der Waals surface area contributed by atoms with Crippen LogP contribution in [-0.2, 0) is 4.79 Å². The van der Waals surface area contributed by atoms with Crippen LogP contribution in [0.3, 0.4) is 0 Å². The molecular formula is C27H24N2O5S2. The monoisotopic (exact) mass is 520 g/mol. The lowest BCUT2D eigenvalue weighted by molar-refractivity contribution is -0.117. The molecule has 5 rings (SSSR count). The predicted octanol–water partition coefficient (Wildman–Crippen LogP) is 6.33. The molecule has 1 aliphatic heterocycles. The van der Waals surface area contributed by atoms with Gasteiger partial charge in [-0.25, -0.2) is 4.98 Å². The number of hydrogen-bond donors (Lipinski definition) is 1. The summed E-state index contributed by atoms with van der Waals surface area (Å²) in [4.78, 5) is 33.4. The molecular weight excluding hydrogens is 496 g/mol. The number of aromatic nitrogens is 1. The lowest BCUT2D eigenvalue weighted by Gasteiger charge is -2.24. The molecule has 1 aliphatic rings. The van der Waals surface area contributed by atoms with Crippen LogP contribution in [0.1, 0.15) is 41.5 Å². The number of amides is 1. The summed E-state index contributed by atoms with van der Waals surface area (Å²) in [5.41, 5.74) is 1.41. The van der Waals surface area contributed by atoms with E-state index >= 15 is 0 Å². The number of benzene rings is 2. The Morgan fingerprint density at radius 3 is 2.56 bits per heavy atom. The maximum atomic E-state index is 13.5. The summed E-state index contributed by atoms with van der Waals surface area (Å²) >= 11 is 2.57. The Morgan fingerprint density at radius 2 is 1.86 bits per heavy atom. The highest BCUT2D eigenvalue weighted by atomic mass is 32.1. The number of rotatable bonds is 9. The van der Waals surface area contributed by atoms with Crippen LogP contribution in [0.4, 0.5) is 5.13 Å². The molecule has 2 aromatic heterocycles. The Morgan fingerprint density at radius 1 is 1.08 bits per heavy atom. The molecule has 0 spiro atoms. The molecule has 184 valence electrons. The first-order valence-electron chi connectivity index (χ1n) is 11.6. The van der Waals surface area contributed by atoms with E-state index in [9.17, 15) is 14.7 Å². The highest BCUT2D eigenvalue weighted by Gasteiger charge is 2.46. The van der Waals surface area contributed by atoms with E-state index < -0.39 is 17.7 Å². The van der Waals surface area contributed by atoms with Crippen LogP contribution < -0.4 is 14.4 Å². The van der Waals surface area contributed by atoms with E-state index in [-0.39, 0.29) is 11.4 Å². The summed E-state index contributed by atoms with van der Waals surface area (Å²) in [5, 5.41) is 13.1. The van der Waals surface area contributed by atoms with Crippen LogP contribution in [0.25, 0.3) is 10.2 Å². The third kappa shape index (κ3) is 4.36. The van der Waals surface area contributed by atoms with Gasteiger partial charge in [-0.2, -0.15) is 0 Å². The molecule has 1 atom stereocenters. The fourth-order valence-corrected chi connectivity index (χ4v) is 5.81. The molecule has 0 saturated carbocycles. The number of fused-ring (bicyclic) bond motifs is 1. The number of aliphatic hydroxyl groups excluding tert-OH is 1. The second kappa shape index (κ2) is 10.1. The van der Waals surface area contributed by atoms with Crippen molar-refractivity contribution in [2.75, 3.05) is 18.1 Å². The number of carbonyl (C=O) groups excluding carboxylic acids is 2. The summed E-state index contributed by atoms with van der Waals surface area (Å²) in [5.74, 6) is -0.190. The highest BCUT2D eigenvalue weighted by molar-refractivity contribution is 7.22. The lowest BCUT2D eigenvalue weighted by atomic mass is 9.95. The number of thiophene rings is 1. The van der Waals surface area contributed by atoms with Crippen molar-refractivity contribution in [1.82, 2.24) is 4.98 Å². The third-order valence-corrected chi connectivity index (χ3v) is 7.62. The van der Waals surface area contributed by atoms with E-state index in [0.29, 0.717) is 45.8 Å². The lowest BCUT2D eigenvalue weighted by Crippen LogP contribution is -2.30. The van der Waals surface area contributed by atoms with Gasteiger partial charge in [-0.05, 0) is 60.7 Å². The van der Waals surface area contributed by atoms with E-state index in [2.05, 4.69) is 4.98 Å². The van der Waals surface area contributed by atoms with E-state index in [1.54, 1.807) is 17.5 Å². The van der Waals surface area contributed by atoms with Crippen LogP contribution in [0.5, 0.6) is 11.5 Å². The molecule has 4 aromatic rings. The number of nitrogens with zero attached hydrogens (tertiary/aromatic N) is 2.